The second kappa shape index (κ2) is 6.31. The van der Waals surface area contributed by atoms with Crippen LogP contribution in [0.1, 0.15) is 38.5 Å². The highest BCUT2D eigenvalue weighted by atomic mass is 16.5. The van der Waals surface area contributed by atoms with Gasteiger partial charge in [-0.05, 0) is 25.7 Å². The number of ether oxygens (including phenoxy) is 2. The van der Waals surface area contributed by atoms with Crippen LogP contribution in [0.15, 0.2) is 0 Å². The van der Waals surface area contributed by atoms with Crippen molar-refractivity contribution in [2.24, 2.45) is 0 Å². The molecular formula is C17H28N2O4. The van der Waals surface area contributed by atoms with Crippen LogP contribution in [0, 0.1) is 0 Å². The third-order valence-electron chi connectivity index (χ3n) is 6.02. The molecule has 0 aromatic rings. The maximum Gasteiger partial charge on any atom is 0.249 e. The Bertz CT molecular complexity index is 446. The summed E-state index contributed by atoms with van der Waals surface area (Å²) in [7, 11) is 0. The van der Waals surface area contributed by atoms with Gasteiger partial charge in [0.25, 0.3) is 0 Å². The molecule has 130 valence electrons. The van der Waals surface area contributed by atoms with Gasteiger partial charge in [-0.2, -0.15) is 0 Å². The van der Waals surface area contributed by atoms with E-state index in [1.807, 2.05) is 0 Å². The van der Waals surface area contributed by atoms with Crippen LogP contribution in [0.4, 0.5) is 0 Å². The molecule has 23 heavy (non-hydrogen) atoms. The summed E-state index contributed by atoms with van der Waals surface area (Å²) in [6.07, 6.45) is 6.02. The number of β-amino-alcohol motifs (C(OH)–C–C–N with tert-alkyl or cyclic N) is 1. The maximum atomic E-state index is 12.4. The molecule has 0 bridgehead atoms. The van der Waals surface area contributed by atoms with Crippen LogP contribution in [-0.4, -0.2) is 84.1 Å². The van der Waals surface area contributed by atoms with Crippen molar-refractivity contribution in [3.05, 3.63) is 0 Å². The number of hydrogen-bond acceptors (Lipinski definition) is 5. The fourth-order valence-electron chi connectivity index (χ4n) is 4.88. The van der Waals surface area contributed by atoms with Gasteiger partial charge in [-0.15, -0.1) is 0 Å². The van der Waals surface area contributed by atoms with E-state index in [2.05, 4.69) is 9.80 Å². The van der Waals surface area contributed by atoms with E-state index >= 15 is 0 Å². The van der Waals surface area contributed by atoms with Gasteiger partial charge >= 0.3 is 0 Å². The molecule has 1 aliphatic carbocycles. The Kier molecular flexibility index (Phi) is 4.34. The number of aliphatic hydroxyl groups is 1. The standard InChI is InChI=1S/C17H28N2O4/c20-16-11-23-15-10-18(12-17(21)5-1-2-6-17)9-14(15)19(16)13-3-7-22-8-4-13/h13-15,21H,1-12H2/t14-,15-/m0/s1. The number of amides is 1. The van der Waals surface area contributed by atoms with Crippen LogP contribution in [0.3, 0.4) is 0 Å². The molecule has 6 nitrogen and oxygen atoms in total. The summed E-state index contributed by atoms with van der Waals surface area (Å²) in [5.41, 5.74) is -0.527. The molecular weight excluding hydrogens is 296 g/mol. The number of nitrogens with zero attached hydrogens (tertiary/aromatic N) is 2. The predicted octanol–water partition coefficient (Wildman–Crippen LogP) is 0.382. The summed E-state index contributed by atoms with van der Waals surface area (Å²) in [4.78, 5) is 16.8. The Morgan fingerprint density at radius 2 is 1.91 bits per heavy atom. The number of likely N-dealkylation sites (tertiary alicyclic amines) is 1. The molecule has 4 fully saturated rings. The topological polar surface area (TPSA) is 62.2 Å². The molecule has 3 aliphatic heterocycles. The van der Waals surface area contributed by atoms with Gasteiger partial charge in [-0.1, -0.05) is 12.8 Å². The quantitative estimate of drug-likeness (QED) is 0.813. The third kappa shape index (κ3) is 3.14. The van der Waals surface area contributed by atoms with Gasteiger partial charge in [0, 0.05) is 38.9 Å². The van der Waals surface area contributed by atoms with Crippen LogP contribution in [0.25, 0.3) is 0 Å². The zero-order valence-corrected chi connectivity index (χ0v) is 13.8. The average molecular weight is 324 g/mol. The van der Waals surface area contributed by atoms with Gasteiger partial charge in [0.05, 0.1) is 17.7 Å². The highest BCUT2D eigenvalue weighted by Crippen LogP contribution is 2.33. The van der Waals surface area contributed by atoms with Gasteiger partial charge in [-0.25, -0.2) is 0 Å². The first-order chi connectivity index (χ1) is 11.1. The van der Waals surface area contributed by atoms with E-state index in [1.165, 1.54) is 0 Å². The molecule has 4 rings (SSSR count). The summed E-state index contributed by atoms with van der Waals surface area (Å²) in [6.45, 7) is 4.08. The molecule has 6 heteroatoms. The van der Waals surface area contributed by atoms with Crippen LogP contribution in [0.5, 0.6) is 0 Å². The minimum Gasteiger partial charge on any atom is -0.389 e. The summed E-state index contributed by atoms with van der Waals surface area (Å²) < 4.78 is 11.3. The molecule has 2 atom stereocenters. The zero-order chi connectivity index (χ0) is 15.9. The minimum atomic E-state index is -0.527. The second-order valence-electron chi connectivity index (χ2n) is 7.69. The van der Waals surface area contributed by atoms with Gasteiger partial charge in [-0.3, -0.25) is 9.69 Å². The van der Waals surface area contributed by atoms with E-state index in [9.17, 15) is 9.90 Å². The van der Waals surface area contributed by atoms with Gasteiger partial charge in [0.2, 0.25) is 5.91 Å². The maximum absolute atomic E-state index is 12.4. The highest BCUT2D eigenvalue weighted by Gasteiger charge is 2.47. The first kappa shape index (κ1) is 15.8. The summed E-state index contributed by atoms with van der Waals surface area (Å²) >= 11 is 0. The van der Waals surface area contributed by atoms with Crippen molar-refractivity contribution in [3.8, 4) is 0 Å². The van der Waals surface area contributed by atoms with E-state index in [0.717, 1.165) is 71.4 Å². The van der Waals surface area contributed by atoms with Gasteiger partial charge in [0.1, 0.15) is 6.61 Å². The second-order valence-corrected chi connectivity index (χ2v) is 7.69. The number of carbonyl (C=O) groups is 1. The molecule has 3 heterocycles. The average Bonchev–Trinajstić information content (AvgIpc) is 3.14. The predicted molar refractivity (Wildman–Crippen MR) is 84.1 cm³/mol. The smallest absolute Gasteiger partial charge is 0.249 e. The Labute approximate surface area is 137 Å². The number of rotatable bonds is 3. The fourth-order valence-corrected chi connectivity index (χ4v) is 4.88. The van der Waals surface area contributed by atoms with Crippen LogP contribution < -0.4 is 0 Å². The Balaban J connectivity index is 1.44. The lowest BCUT2D eigenvalue weighted by molar-refractivity contribution is -0.159. The number of hydrogen-bond donors (Lipinski definition) is 1. The molecule has 0 aromatic heterocycles. The number of morpholine rings is 1. The van der Waals surface area contributed by atoms with Crippen LogP contribution >= 0.6 is 0 Å². The van der Waals surface area contributed by atoms with Crippen LogP contribution in [-0.2, 0) is 14.3 Å². The van der Waals surface area contributed by atoms with E-state index < -0.39 is 5.60 Å². The molecule has 0 spiro atoms. The van der Waals surface area contributed by atoms with Crippen molar-refractivity contribution in [2.75, 3.05) is 39.5 Å². The van der Waals surface area contributed by atoms with Crippen molar-refractivity contribution in [1.82, 2.24) is 9.80 Å². The molecule has 4 aliphatic rings. The van der Waals surface area contributed by atoms with Crippen molar-refractivity contribution >= 4 is 5.91 Å². The molecule has 1 amide bonds. The molecule has 0 radical (unpaired) electrons. The lowest BCUT2D eigenvalue weighted by Gasteiger charge is -2.43. The Morgan fingerprint density at radius 1 is 1.17 bits per heavy atom. The zero-order valence-electron chi connectivity index (χ0n) is 13.8. The van der Waals surface area contributed by atoms with Gasteiger partial charge < -0.3 is 19.5 Å². The number of fused-ring (bicyclic) bond motifs is 1. The number of carbonyl (C=O) groups excluding carboxylic acids is 1. The molecule has 1 N–H and O–H groups in total. The largest absolute Gasteiger partial charge is 0.389 e. The Morgan fingerprint density at radius 3 is 2.65 bits per heavy atom. The van der Waals surface area contributed by atoms with Crippen molar-refractivity contribution in [1.29, 1.82) is 0 Å². The normalized spacial score (nSPS) is 35.7. The van der Waals surface area contributed by atoms with Gasteiger partial charge in [0.15, 0.2) is 0 Å². The molecule has 1 saturated carbocycles. The van der Waals surface area contributed by atoms with E-state index in [1.54, 1.807) is 0 Å². The monoisotopic (exact) mass is 324 g/mol. The molecule has 0 aromatic carbocycles. The van der Waals surface area contributed by atoms with E-state index in [0.29, 0.717) is 6.04 Å². The highest BCUT2D eigenvalue weighted by molar-refractivity contribution is 5.79. The SMILES string of the molecule is O=C1CO[C@H]2CN(CC3(O)CCCC3)C[C@@H]2N1C1CCOCC1. The first-order valence-electron chi connectivity index (χ1n) is 9.10. The van der Waals surface area contributed by atoms with E-state index in [-0.39, 0.29) is 24.7 Å². The fraction of sp³-hybridized carbons (Fsp3) is 0.941. The Hall–Kier alpha value is -0.690. The molecule has 3 saturated heterocycles. The molecule has 0 unspecified atom stereocenters. The lowest BCUT2D eigenvalue weighted by Crippen LogP contribution is -2.59. The third-order valence-corrected chi connectivity index (χ3v) is 6.02. The summed E-state index contributed by atoms with van der Waals surface area (Å²) in [5.74, 6) is 0.125. The first-order valence-corrected chi connectivity index (χ1v) is 9.10. The summed E-state index contributed by atoms with van der Waals surface area (Å²) in [5, 5.41) is 10.7. The van der Waals surface area contributed by atoms with Crippen molar-refractivity contribution in [2.45, 2.75) is 62.3 Å². The van der Waals surface area contributed by atoms with Crippen LogP contribution in [0.2, 0.25) is 0 Å². The minimum absolute atomic E-state index is 0.0977. The van der Waals surface area contributed by atoms with Crippen molar-refractivity contribution in [3.63, 3.8) is 0 Å². The lowest BCUT2D eigenvalue weighted by atomic mass is 10.0. The van der Waals surface area contributed by atoms with E-state index in [4.69, 9.17) is 9.47 Å². The summed E-state index contributed by atoms with van der Waals surface area (Å²) in [6, 6.07) is 0.437. The van der Waals surface area contributed by atoms with Crippen molar-refractivity contribution < 1.29 is 19.4 Å².